The summed E-state index contributed by atoms with van der Waals surface area (Å²) in [6.45, 7) is 2.81. The number of aryl methyl sites for hydroxylation is 1. The highest BCUT2D eigenvalue weighted by atomic mass is 32.2. The molecule has 0 saturated heterocycles. The van der Waals surface area contributed by atoms with E-state index in [1.807, 2.05) is 25.1 Å². The van der Waals surface area contributed by atoms with Gasteiger partial charge in [0.25, 0.3) is 0 Å². The fourth-order valence-electron chi connectivity index (χ4n) is 2.09. The van der Waals surface area contributed by atoms with Crippen molar-refractivity contribution in [3.63, 3.8) is 0 Å². The van der Waals surface area contributed by atoms with Gasteiger partial charge in [0.1, 0.15) is 0 Å². The molecule has 1 aromatic heterocycles. The molecule has 6 heteroatoms. The number of sulfonamides is 1. The van der Waals surface area contributed by atoms with Crippen LogP contribution in [0.4, 0.5) is 0 Å². The highest BCUT2D eigenvalue weighted by Gasteiger charge is 2.24. The molecule has 1 aromatic carbocycles. The normalized spacial score (nSPS) is 11.8. The zero-order valence-electron chi connectivity index (χ0n) is 12.8. The van der Waals surface area contributed by atoms with Crippen LogP contribution in [0.15, 0.2) is 53.7 Å². The first-order valence-corrected chi connectivity index (χ1v) is 8.42. The molecule has 0 radical (unpaired) electrons. The quantitative estimate of drug-likeness (QED) is 0.785. The van der Waals surface area contributed by atoms with Crippen molar-refractivity contribution in [2.75, 3.05) is 20.3 Å². The van der Waals surface area contributed by atoms with Crippen LogP contribution in [0, 0.1) is 6.92 Å². The van der Waals surface area contributed by atoms with Crippen LogP contribution >= 0.6 is 0 Å². The third-order valence-corrected chi connectivity index (χ3v) is 5.12. The first-order chi connectivity index (χ1) is 10.5. The third-order valence-electron chi connectivity index (χ3n) is 3.28. The van der Waals surface area contributed by atoms with Crippen LogP contribution in [-0.2, 0) is 21.3 Å². The molecule has 0 amide bonds. The van der Waals surface area contributed by atoms with Gasteiger partial charge in [0.15, 0.2) is 0 Å². The molecule has 0 fully saturated rings. The average molecular weight is 320 g/mol. The number of aromatic nitrogens is 1. The number of ether oxygens (including phenoxy) is 1. The van der Waals surface area contributed by atoms with Crippen LogP contribution in [0.1, 0.15) is 11.1 Å². The first kappa shape index (κ1) is 16.6. The van der Waals surface area contributed by atoms with Crippen LogP contribution in [0.5, 0.6) is 0 Å². The molecule has 1 heterocycles. The number of nitrogens with zero attached hydrogens (tertiary/aromatic N) is 2. The second kappa shape index (κ2) is 7.49. The van der Waals surface area contributed by atoms with Gasteiger partial charge in [-0.15, -0.1) is 0 Å². The lowest BCUT2D eigenvalue weighted by Gasteiger charge is -2.22. The highest BCUT2D eigenvalue weighted by Crippen LogP contribution is 2.19. The summed E-state index contributed by atoms with van der Waals surface area (Å²) in [5.41, 5.74) is 1.80. The van der Waals surface area contributed by atoms with Gasteiger partial charge in [-0.2, -0.15) is 4.31 Å². The van der Waals surface area contributed by atoms with Crippen molar-refractivity contribution in [2.24, 2.45) is 0 Å². The number of pyridine rings is 1. The van der Waals surface area contributed by atoms with Gasteiger partial charge < -0.3 is 4.74 Å². The Labute approximate surface area is 131 Å². The maximum absolute atomic E-state index is 12.8. The molecule has 5 nitrogen and oxygen atoms in total. The van der Waals surface area contributed by atoms with Crippen LogP contribution in [0.3, 0.4) is 0 Å². The molecule has 22 heavy (non-hydrogen) atoms. The molecule has 0 saturated carbocycles. The van der Waals surface area contributed by atoms with E-state index in [1.165, 1.54) is 4.31 Å². The van der Waals surface area contributed by atoms with Crippen molar-refractivity contribution >= 4 is 10.0 Å². The van der Waals surface area contributed by atoms with Crippen molar-refractivity contribution in [3.8, 4) is 0 Å². The number of hydrogen-bond acceptors (Lipinski definition) is 4. The smallest absolute Gasteiger partial charge is 0.243 e. The summed E-state index contributed by atoms with van der Waals surface area (Å²) in [5.74, 6) is 0. The molecule has 0 unspecified atom stereocenters. The Balaban J connectivity index is 2.31. The Morgan fingerprint density at radius 1 is 1.18 bits per heavy atom. The van der Waals surface area contributed by atoms with Gasteiger partial charge >= 0.3 is 0 Å². The van der Waals surface area contributed by atoms with E-state index in [-0.39, 0.29) is 0 Å². The molecule has 0 aliphatic heterocycles. The summed E-state index contributed by atoms with van der Waals surface area (Å²) in [7, 11) is -2.00. The Morgan fingerprint density at radius 3 is 2.55 bits per heavy atom. The van der Waals surface area contributed by atoms with Gasteiger partial charge in [-0.25, -0.2) is 8.42 Å². The Bertz CT molecular complexity index is 702. The topological polar surface area (TPSA) is 59.5 Å². The van der Waals surface area contributed by atoms with Crippen LogP contribution in [-0.4, -0.2) is 38.0 Å². The van der Waals surface area contributed by atoms with E-state index in [2.05, 4.69) is 4.98 Å². The number of rotatable bonds is 7. The van der Waals surface area contributed by atoms with Gasteiger partial charge in [-0.3, -0.25) is 4.98 Å². The number of hydrogen-bond donors (Lipinski definition) is 0. The SMILES string of the molecule is COCCN(Cc1ccncc1)S(=O)(=O)c1cccc(C)c1. The molecule has 0 aliphatic rings. The van der Waals surface area contributed by atoms with E-state index in [4.69, 9.17) is 4.74 Å². The largest absolute Gasteiger partial charge is 0.383 e. The second-order valence-electron chi connectivity index (χ2n) is 5.00. The van der Waals surface area contributed by atoms with Crippen LogP contribution in [0.2, 0.25) is 0 Å². The summed E-state index contributed by atoms with van der Waals surface area (Å²) in [5, 5.41) is 0. The zero-order valence-corrected chi connectivity index (χ0v) is 13.6. The zero-order chi connectivity index (χ0) is 16.0. The van der Waals surface area contributed by atoms with Crippen molar-refractivity contribution in [1.82, 2.24) is 9.29 Å². The molecular formula is C16H20N2O3S. The molecule has 0 N–H and O–H groups in total. The summed E-state index contributed by atoms with van der Waals surface area (Å²) in [6, 6.07) is 10.6. The van der Waals surface area contributed by atoms with E-state index in [0.717, 1.165) is 11.1 Å². The van der Waals surface area contributed by atoms with Crippen molar-refractivity contribution in [1.29, 1.82) is 0 Å². The molecule has 0 aliphatic carbocycles. The summed E-state index contributed by atoms with van der Waals surface area (Å²) in [4.78, 5) is 4.26. The molecule has 2 rings (SSSR count). The Hall–Kier alpha value is -1.76. The van der Waals surface area contributed by atoms with E-state index in [1.54, 1.807) is 37.7 Å². The number of methoxy groups -OCH3 is 1. The minimum absolute atomic E-state index is 0.294. The highest BCUT2D eigenvalue weighted by molar-refractivity contribution is 7.89. The molecular weight excluding hydrogens is 300 g/mol. The van der Waals surface area contributed by atoms with Gasteiger partial charge in [0.2, 0.25) is 10.0 Å². The summed E-state index contributed by atoms with van der Waals surface area (Å²) < 4.78 is 32.2. The molecule has 118 valence electrons. The van der Waals surface area contributed by atoms with Crippen molar-refractivity contribution in [3.05, 3.63) is 59.9 Å². The van der Waals surface area contributed by atoms with Gasteiger partial charge in [0, 0.05) is 32.6 Å². The maximum atomic E-state index is 12.8. The minimum atomic E-state index is -3.56. The molecule has 0 atom stereocenters. The maximum Gasteiger partial charge on any atom is 0.243 e. The fourth-order valence-corrected chi connectivity index (χ4v) is 3.61. The van der Waals surface area contributed by atoms with Crippen molar-refractivity contribution < 1.29 is 13.2 Å². The standard InChI is InChI=1S/C16H20N2O3S/c1-14-4-3-5-16(12-14)22(19,20)18(10-11-21-2)13-15-6-8-17-9-7-15/h3-9,12H,10-11,13H2,1-2H3. The first-order valence-electron chi connectivity index (χ1n) is 6.98. The summed E-state index contributed by atoms with van der Waals surface area (Å²) >= 11 is 0. The lowest BCUT2D eigenvalue weighted by Crippen LogP contribution is -2.33. The number of benzene rings is 1. The van der Waals surface area contributed by atoms with Crippen LogP contribution < -0.4 is 0 Å². The third kappa shape index (κ3) is 4.13. The molecule has 2 aromatic rings. The minimum Gasteiger partial charge on any atom is -0.383 e. The molecule has 0 spiro atoms. The monoisotopic (exact) mass is 320 g/mol. The van der Waals surface area contributed by atoms with Gasteiger partial charge in [0.05, 0.1) is 11.5 Å². The lowest BCUT2D eigenvalue weighted by atomic mass is 10.2. The van der Waals surface area contributed by atoms with E-state index in [0.29, 0.717) is 24.6 Å². The Kier molecular flexibility index (Phi) is 5.65. The second-order valence-corrected chi connectivity index (χ2v) is 6.94. The van der Waals surface area contributed by atoms with E-state index >= 15 is 0 Å². The predicted molar refractivity (Wildman–Crippen MR) is 84.9 cm³/mol. The average Bonchev–Trinajstić information content (AvgIpc) is 2.52. The molecule has 0 bridgehead atoms. The Morgan fingerprint density at radius 2 is 1.91 bits per heavy atom. The predicted octanol–water partition coefficient (Wildman–Crippen LogP) is 2.23. The van der Waals surface area contributed by atoms with Gasteiger partial charge in [-0.05, 0) is 42.3 Å². The van der Waals surface area contributed by atoms with E-state index in [9.17, 15) is 8.42 Å². The lowest BCUT2D eigenvalue weighted by molar-refractivity contribution is 0.177. The van der Waals surface area contributed by atoms with Crippen LogP contribution in [0.25, 0.3) is 0 Å². The fraction of sp³-hybridized carbons (Fsp3) is 0.312. The summed E-state index contributed by atoms with van der Waals surface area (Å²) in [6.07, 6.45) is 3.31. The van der Waals surface area contributed by atoms with Crippen molar-refractivity contribution in [2.45, 2.75) is 18.4 Å². The van der Waals surface area contributed by atoms with E-state index < -0.39 is 10.0 Å². The van der Waals surface area contributed by atoms with Gasteiger partial charge in [-0.1, -0.05) is 12.1 Å².